The molecule has 0 aliphatic carbocycles. The smallest absolute Gasteiger partial charge is 0.265 e. The molecule has 172 valence electrons. The summed E-state index contributed by atoms with van der Waals surface area (Å²) in [5, 5.41) is 0. The van der Waals surface area contributed by atoms with Crippen LogP contribution in [-0.4, -0.2) is 34.2 Å². The molecule has 1 aromatic heterocycles. The summed E-state index contributed by atoms with van der Waals surface area (Å²) < 4.78 is 56.6. The molecule has 0 radical (unpaired) electrons. The fraction of sp³-hybridized carbons (Fsp3) is 0.280. The molecule has 0 spiro atoms. The third-order valence-corrected chi connectivity index (χ3v) is 5.76. The largest absolute Gasteiger partial charge is 0.347 e. The molecule has 3 aromatic rings. The van der Waals surface area contributed by atoms with Gasteiger partial charge in [0.1, 0.15) is 23.6 Å². The van der Waals surface area contributed by atoms with E-state index in [2.05, 4.69) is 9.98 Å². The molecular formula is C25H24F4N4. The van der Waals surface area contributed by atoms with Crippen LogP contribution >= 0.6 is 0 Å². The lowest BCUT2D eigenvalue weighted by molar-refractivity contribution is -0.0356. The van der Waals surface area contributed by atoms with Gasteiger partial charge < -0.3 is 10.6 Å². The molecule has 33 heavy (non-hydrogen) atoms. The maximum absolute atomic E-state index is 14.4. The second kappa shape index (κ2) is 9.31. The highest BCUT2D eigenvalue weighted by atomic mass is 19.3. The van der Waals surface area contributed by atoms with Crippen LogP contribution in [0.15, 0.2) is 72.0 Å². The van der Waals surface area contributed by atoms with E-state index in [9.17, 15) is 17.6 Å². The van der Waals surface area contributed by atoms with Crippen LogP contribution in [0.2, 0.25) is 0 Å². The van der Waals surface area contributed by atoms with E-state index >= 15 is 0 Å². The zero-order valence-electron chi connectivity index (χ0n) is 18.1. The Morgan fingerprint density at radius 2 is 1.97 bits per heavy atom. The summed E-state index contributed by atoms with van der Waals surface area (Å²) in [6, 6.07) is 12.5. The lowest BCUT2D eigenvalue weighted by Gasteiger charge is -2.32. The summed E-state index contributed by atoms with van der Waals surface area (Å²) in [4.78, 5) is 10.3. The summed E-state index contributed by atoms with van der Waals surface area (Å²) >= 11 is 0. The fourth-order valence-corrected chi connectivity index (χ4v) is 4.17. The van der Waals surface area contributed by atoms with Crippen LogP contribution < -0.4 is 5.73 Å². The predicted octanol–water partition coefficient (Wildman–Crippen LogP) is 5.55. The first-order chi connectivity index (χ1) is 15.7. The molecule has 2 heterocycles. The van der Waals surface area contributed by atoms with Gasteiger partial charge in [-0.1, -0.05) is 24.3 Å². The van der Waals surface area contributed by atoms with E-state index in [4.69, 9.17) is 5.73 Å². The third kappa shape index (κ3) is 5.06. The highest BCUT2D eigenvalue weighted by Crippen LogP contribution is 2.34. The van der Waals surface area contributed by atoms with Gasteiger partial charge in [0.2, 0.25) is 0 Å². The number of alkyl halides is 2. The van der Waals surface area contributed by atoms with E-state index in [-0.39, 0.29) is 5.56 Å². The summed E-state index contributed by atoms with van der Waals surface area (Å²) in [6.45, 7) is 1.29. The van der Waals surface area contributed by atoms with Gasteiger partial charge >= 0.3 is 0 Å². The Morgan fingerprint density at radius 1 is 1.15 bits per heavy atom. The summed E-state index contributed by atoms with van der Waals surface area (Å²) in [6.07, 6.45) is 3.26. The Hall–Kier alpha value is -3.26. The van der Waals surface area contributed by atoms with Crippen molar-refractivity contribution in [3.05, 3.63) is 89.8 Å². The molecule has 1 saturated heterocycles. The molecule has 2 unspecified atom stereocenters. The number of nitrogens with two attached hydrogens (primary N) is 1. The Kier molecular flexibility index (Phi) is 6.47. The van der Waals surface area contributed by atoms with Crippen molar-refractivity contribution in [3.63, 3.8) is 0 Å². The topological polar surface area (TPSA) is 54.5 Å². The van der Waals surface area contributed by atoms with Crippen molar-refractivity contribution in [2.75, 3.05) is 6.54 Å². The number of benzene rings is 2. The molecule has 0 saturated carbocycles. The van der Waals surface area contributed by atoms with E-state index < -0.39 is 29.8 Å². The number of amidine groups is 1. The van der Waals surface area contributed by atoms with Crippen LogP contribution in [0.3, 0.4) is 0 Å². The van der Waals surface area contributed by atoms with E-state index in [1.807, 2.05) is 0 Å². The maximum Gasteiger partial charge on any atom is 0.265 e. The quantitative estimate of drug-likeness (QED) is 0.311. The minimum Gasteiger partial charge on any atom is -0.347 e. The molecule has 4 rings (SSSR count). The standard InChI is InChI=1S/C25H24F4N4/c1-25(28,29)22-8-4-12-33(22)24(32-23(30)18-7-3-11-31-15-18)17-6-2-5-16(13-17)20-10-9-19(26)14-21(20)27/h2-3,5-7,9-11,13-15,22-23H,4,8,12,30H2,1H3/b32-24+. The first-order valence-electron chi connectivity index (χ1n) is 10.7. The normalized spacial score (nSPS) is 17.9. The second-order valence-electron chi connectivity index (χ2n) is 8.20. The van der Waals surface area contributed by atoms with Crippen molar-refractivity contribution in [1.82, 2.24) is 9.88 Å². The Labute approximate surface area is 189 Å². The molecule has 2 N–H and O–H groups in total. The van der Waals surface area contributed by atoms with Crippen molar-refractivity contribution in [2.24, 2.45) is 10.7 Å². The Balaban J connectivity index is 1.81. The molecule has 2 aromatic carbocycles. The van der Waals surface area contributed by atoms with Gasteiger partial charge in [0.25, 0.3) is 5.92 Å². The first-order valence-corrected chi connectivity index (χ1v) is 10.7. The van der Waals surface area contributed by atoms with Crippen LogP contribution in [0.5, 0.6) is 0 Å². The van der Waals surface area contributed by atoms with Crippen LogP contribution in [0.25, 0.3) is 11.1 Å². The van der Waals surface area contributed by atoms with Crippen molar-refractivity contribution in [3.8, 4) is 11.1 Å². The number of halogens is 4. The minimum atomic E-state index is -2.95. The number of hydrogen-bond donors (Lipinski definition) is 1. The van der Waals surface area contributed by atoms with Gasteiger partial charge in [-0.05, 0) is 42.7 Å². The lowest BCUT2D eigenvalue weighted by Crippen LogP contribution is -2.46. The summed E-state index contributed by atoms with van der Waals surface area (Å²) in [5.41, 5.74) is 8.14. The highest BCUT2D eigenvalue weighted by molar-refractivity contribution is 6.00. The Morgan fingerprint density at radius 3 is 2.67 bits per heavy atom. The van der Waals surface area contributed by atoms with Crippen LogP contribution in [-0.2, 0) is 0 Å². The van der Waals surface area contributed by atoms with Gasteiger partial charge in [-0.3, -0.25) is 4.98 Å². The van der Waals surface area contributed by atoms with E-state index in [0.29, 0.717) is 41.9 Å². The average Bonchev–Trinajstić information content (AvgIpc) is 3.28. The number of aromatic nitrogens is 1. The van der Waals surface area contributed by atoms with Gasteiger partial charge in [0, 0.05) is 48.6 Å². The number of rotatable bonds is 5. The minimum absolute atomic E-state index is 0.202. The average molecular weight is 456 g/mol. The number of likely N-dealkylation sites (tertiary alicyclic amines) is 1. The van der Waals surface area contributed by atoms with Crippen molar-refractivity contribution >= 4 is 5.84 Å². The molecular weight excluding hydrogens is 432 g/mol. The molecule has 2 atom stereocenters. The summed E-state index contributed by atoms with van der Waals surface area (Å²) in [7, 11) is 0. The zero-order valence-corrected chi connectivity index (χ0v) is 18.1. The van der Waals surface area contributed by atoms with Crippen LogP contribution in [0.4, 0.5) is 17.6 Å². The van der Waals surface area contributed by atoms with Gasteiger partial charge in [0.05, 0.1) is 6.04 Å². The van der Waals surface area contributed by atoms with Crippen molar-refractivity contribution < 1.29 is 17.6 Å². The molecule has 0 bridgehead atoms. The van der Waals surface area contributed by atoms with Crippen LogP contribution in [0, 0.1) is 11.6 Å². The predicted molar refractivity (Wildman–Crippen MR) is 120 cm³/mol. The van der Waals surface area contributed by atoms with E-state index in [1.165, 1.54) is 12.1 Å². The first kappa shape index (κ1) is 22.9. The van der Waals surface area contributed by atoms with Gasteiger partial charge in [-0.25, -0.2) is 22.6 Å². The number of hydrogen-bond acceptors (Lipinski definition) is 3. The Bertz CT molecular complexity index is 1140. The molecule has 1 aliphatic heterocycles. The van der Waals surface area contributed by atoms with Crippen molar-refractivity contribution in [1.29, 1.82) is 0 Å². The number of aliphatic imine (C=N–C) groups is 1. The number of nitrogens with zero attached hydrogens (tertiary/aromatic N) is 3. The van der Waals surface area contributed by atoms with Gasteiger partial charge in [-0.15, -0.1) is 0 Å². The number of pyridine rings is 1. The second-order valence-corrected chi connectivity index (χ2v) is 8.20. The SMILES string of the molecule is CC(F)(F)C1CCCN1/C(=N/C(N)c1cccnc1)c1cccc(-c2ccc(F)cc2F)c1. The summed E-state index contributed by atoms with van der Waals surface area (Å²) in [5.74, 6) is -4.03. The van der Waals surface area contributed by atoms with Crippen LogP contribution in [0.1, 0.15) is 37.1 Å². The zero-order chi connectivity index (χ0) is 23.6. The molecule has 0 amide bonds. The van der Waals surface area contributed by atoms with Crippen molar-refractivity contribution in [2.45, 2.75) is 37.9 Å². The monoisotopic (exact) mass is 456 g/mol. The van der Waals surface area contributed by atoms with E-state index in [1.54, 1.807) is 53.7 Å². The third-order valence-electron chi connectivity index (χ3n) is 5.76. The lowest BCUT2D eigenvalue weighted by atomic mass is 10.0. The molecule has 1 aliphatic rings. The van der Waals surface area contributed by atoms with Gasteiger partial charge in [0.15, 0.2) is 0 Å². The van der Waals surface area contributed by atoms with E-state index in [0.717, 1.165) is 13.0 Å². The fourth-order valence-electron chi connectivity index (χ4n) is 4.17. The molecule has 4 nitrogen and oxygen atoms in total. The molecule has 1 fully saturated rings. The molecule has 8 heteroatoms. The highest BCUT2D eigenvalue weighted by Gasteiger charge is 2.43. The van der Waals surface area contributed by atoms with Gasteiger partial charge in [-0.2, -0.15) is 0 Å². The maximum atomic E-state index is 14.4.